The van der Waals surface area contributed by atoms with Crippen LogP contribution in [0.1, 0.15) is 27.0 Å². The molecule has 0 amide bonds. The smallest absolute Gasteiger partial charge is 0.309 e. The van der Waals surface area contributed by atoms with Crippen LogP contribution >= 0.6 is 0 Å². The lowest BCUT2D eigenvalue weighted by Crippen LogP contribution is -2.29. The fourth-order valence-electron chi connectivity index (χ4n) is 4.06. The summed E-state index contributed by atoms with van der Waals surface area (Å²) in [7, 11) is -3.70. The number of carbonyl (C=O) groups is 1. The SMILES string of the molecule is [2H]c1ccc2c(c1)c(CC(=O)O)nn2[C@H]1CN(S(=O)(=O)c2ccc(OCC)cc2)C[C@H]1C. The molecule has 8 nitrogen and oxygen atoms in total. The van der Waals surface area contributed by atoms with Gasteiger partial charge in [0.05, 0.1) is 36.5 Å². The van der Waals surface area contributed by atoms with E-state index in [0.717, 1.165) is 0 Å². The summed E-state index contributed by atoms with van der Waals surface area (Å²) in [6.45, 7) is 4.87. The number of hydrogen-bond donors (Lipinski definition) is 1. The summed E-state index contributed by atoms with van der Waals surface area (Å²) >= 11 is 0. The molecule has 1 saturated heterocycles. The third kappa shape index (κ3) is 4.03. The van der Waals surface area contributed by atoms with Crippen LogP contribution in [0.4, 0.5) is 0 Å². The molecule has 1 fully saturated rings. The molecular formula is C22H25N3O5S. The first-order valence-corrected chi connectivity index (χ1v) is 11.6. The van der Waals surface area contributed by atoms with E-state index in [1.165, 1.54) is 4.31 Å². The summed E-state index contributed by atoms with van der Waals surface area (Å²) in [5, 5.41) is 14.4. The number of rotatable bonds is 7. The molecule has 1 aliphatic heterocycles. The Labute approximate surface area is 182 Å². The van der Waals surface area contributed by atoms with Gasteiger partial charge in [-0.2, -0.15) is 9.40 Å². The zero-order valence-electron chi connectivity index (χ0n) is 18.4. The highest BCUT2D eigenvalue weighted by atomic mass is 32.2. The van der Waals surface area contributed by atoms with E-state index in [9.17, 15) is 18.3 Å². The van der Waals surface area contributed by atoms with Crippen LogP contribution in [0.3, 0.4) is 0 Å². The molecule has 2 aromatic carbocycles. The first-order valence-electron chi connectivity index (χ1n) is 10.6. The Morgan fingerprint density at radius 1 is 1.26 bits per heavy atom. The number of ether oxygens (including phenoxy) is 1. The van der Waals surface area contributed by atoms with Crippen LogP contribution in [0.25, 0.3) is 10.9 Å². The van der Waals surface area contributed by atoms with Crippen molar-refractivity contribution in [2.75, 3.05) is 19.7 Å². The summed E-state index contributed by atoms with van der Waals surface area (Å²) in [6, 6.07) is 11.4. The van der Waals surface area contributed by atoms with Gasteiger partial charge in [0, 0.05) is 18.5 Å². The minimum Gasteiger partial charge on any atom is -0.494 e. The number of nitrogens with zero attached hydrogens (tertiary/aromatic N) is 3. The molecule has 0 unspecified atom stereocenters. The summed E-state index contributed by atoms with van der Waals surface area (Å²) < 4.78 is 42.9. The average Bonchev–Trinajstić information content (AvgIpc) is 3.29. The van der Waals surface area contributed by atoms with E-state index in [2.05, 4.69) is 5.10 Å². The minimum atomic E-state index is -3.70. The Bertz CT molecular complexity index is 1260. The van der Waals surface area contributed by atoms with Crippen LogP contribution in [-0.4, -0.2) is 53.3 Å². The predicted octanol–water partition coefficient (Wildman–Crippen LogP) is 2.94. The second-order valence-corrected chi connectivity index (χ2v) is 9.61. The molecule has 3 aromatic rings. The molecule has 31 heavy (non-hydrogen) atoms. The third-order valence-corrected chi connectivity index (χ3v) is 7.42. The quantitative estimate of drug-likeness (QED) is 0.601. The molecular weight excluding hydrogens is 418 g/mol. The van der Waals surface area contributed by atoms with Crippen LogP contribution in [0.2, 0.25) is 0 Å². The normalized spacial score (nSPS) is 20.1. The molecule has 1 aliphatic rings. The van der Waals surface area contributed by atoms with E-state index in [4.69, 9.17) is 6.11 Å². The lowest BCUT2D eigenvalue weighted by atomic mass is 10.1. The second kappa shape index (κ2) is 8.32. The molecule has 0 bridgehead atoms. The van der Waals surface area contributed by atoms with Gasteiger partial charge in [0.25, 0.3) is 0 Å². The van der Waals surface area contributed by atoms with E-state index in [1.807, 2.05) is 13.8 Å². The Hall–Kier alpha value is -2.91. The first-order chi connectivity index (χ1) is 15.2. The van der Waals surface area contributed by atoms with Gasteiger partial charge in [-0.15, -0.1) is 0 Å². The zero-order valence-corrected chi connectivity index (χ0v) is 18.2. The number of aromatic nitrogens is 2. The zero-order chi connectivity index (χ0) is 23.0. The summed E-state index contributed by atoms with van der Waals surface area (Å²) in [6.07, 6.45) is -0.262. The predicted molar refractivity (Wildman–Crippen MR) is 116 cm³/mol. The van der Waals surface area contributed by atoms with Crippen molar-refractivity contribution < 1.29 is 24.4 Å². The number of fused-ring (bicyclic) bond motifs is 1. The van der Waals surface area contributed by atoms with Gasteiger partial charge >= 0.3 is 5.97 Å². The summed E-state index contributed by atoms with van der Waals surface area (Å²) in [4.78, 5) is 11.5. The van der Waals surface area contributed by atoms with Gasteiger partial charge < -0.3 is 9.84 Å². The van der Waals surface area contributed by atoms with Crippen LogP contribution < -0.4 is 4.74 Å². The topological polar surface area (TPSA) is 102 Å². The Kier molecular flexibility index (Phi) is 5.37. The Morgan fingerprint density at radius 3 is 2.68 bits per heavy atom. The first kappa shape index (κ1) is 20.0. The highest BCUT2D eigenvalue weighted by Gasteiger charge is 2.39. The summed E-state index contributed by atoms with van der Waals surface area (Å²) in [5.41, 5.74) is 1.08. The van der Waals surface area contributed by atoms with Gasteiger partial charge in [-0.05, 0) is 43.2 Å². The standard InChI is InChI=1S/C22H25N3O5S/c1-3-30-16-8-10-17(11-9-16)31(28,29)24-13-15(2)21(14-24)25-20-7-5-4-6-18(20)19(23-25)12-22(26)27/h4-11,15,21H,3,12-14H2,1-2H3,(H,26,27)/t15-,21+/m1/s1/i4D. The molecule has 0 aliphatic carbocycles. The average molecular weight is 445 g/mol. The molecule has 1 N–H and O–H groups in total. The molecule has 1 aromatic heterocycles. The molecule has 0 radical (unpaired) electrons. The van der Waals surface area contributed by atoms with E-state index < -0.39 is 16.0 Å². The maximum Gasteiger partial charge on any atom is 0.309 e. The number of carboxylic acid groups (broad SMARTS) is 1. The summed E-state index contributed by atoms with van der Waals surface area (Å²) in [5.74, 6) is -0.433. The highest BCUT2D eigenvalue weighted by Crippen LogP contribution is 2.34. The van der Waals surface area contributed by atoms with Crippen LogP contribution in [0.5, 0.6) is 5.75 Å². The molecule has 0 spiro atoms. The van der Waals surface area contributed by atoms with Crippen molar-refractivity contribution in [3.8, 4) is 5.75 Å². The van der Waals surface area contributed by atoms with Gasteiger partial charge in [-0.1, -0.05) is 25.1 Å². The van der Waals surface area contributed by atoms with Crippen molar-refractivity contribution in [1.29, 1.82) is 0 Å². The van der Waals surface area contributed by atoms with Crippen molar-refractivity contribution in [1.82, 2.24) is 14.1 Å². The molecule has 2 atom stereocenters. The van der Waals surface area contributed by atoms with Crippen molar-refractivity contribution in [2.45, 2.75) is 31.2 Å². The number of benzene rings is 2. The van der Waals surface area contributed by atoms with E-state index >= 15 is 0 Å². The lowest BCUT2D eigenvalue weighted by molar-refractivity contribution is -0.136. The van der Waals surface area contributed by atoms with Gasteiger partial charge in [-0.3, -0.25) is 9.48 Å². The number of aliphatic carboxylic acids is 1. The van der Waals surface area contributed by atoms with E-state index in [0.29, 0.717) is 35.5 Å². The van der Waals surface area contributed by atoms with Crippen molar-refractivity contribution in [3.05, 3.63) is 54.2 Å². The van der Waals surface area contributed by atoms with Crippen LogP contribution in [-0.2, 0) is 21.2 Å². The van der Waals surface area contributed by atoms with E-state index in [-0.39, 0.29) is 35.9 Å². The number of para-hydroxylation sites is 1. The van der Waals surface area contributed by atoms with Gasteiger partial charge in [0.1, 0.15) is 5.75 Å². The number of hydrogen-bond acceptors (Lipinski definition) is 5. The Morgan fingerprint density at radius 2 is 2.00 bits per heavy atom. The van der Waals surface area contributed by atoms with Gasteiger partial charge in [-0.25, -0.2) is 8.42 Å². The largest absolute Gasteiger partial charge is 0.494 e. The van der Waals surface area contributed by atoms with Crippen molar-refractivity contribution in [2.24, 2.45) is 5.92 Å². The third-order valence-electron chi connectivity index (χ3n) is 5.57. The monoisotopic (exact) mass is 444 g/mol. The fourth-order valence-corrected chi connectivity index (χ4v) is 5.62. The van der Waals surface area contributed by atoms with Gasteiger partial charge in [0.15, 0.2) is 0 Å². The minimum absolute atomic E-state index is 0.0380. The molecule has 2 heterocycles. The van der Waals surface area contributed by atoms with Gasteiger partial charge in [0.2, 0.25) is 10.0 Å². The fraction of sp³-hybridized carbons (Fsp3) is 0.364. The van der Waals surface area contributed by atoms with Crippen molar-refractivity contribution >= 4 is 26.9 Å². The molecule has 9 heteroatoms. The molecule has 4 rings (SSSR count). The second-order valence-electron chi connectivity index (χ2n) is 7.68. The Balaban J connectivity index is 1.66. The maximum absolute atomic E-state index is 13.2. The number of sulfonamides is 1. The van der Waals surface area contributed by atoms with E-state index in [1.54, 1.807) is 47.1 Å². The maximum atomic E-state index is 13.2. The van der Waals surface area contributed by atoms with Crippen molar-refractivity contribution in [3.63, 3.8) is 0 Å². The highest BCUT2D eigenvalue weighted by molar-refractivity contribution is 7.89. The van der Waals surface area contributed by atoms with Crippen LogP contribution in [0, 0.1) is 5.92 Å². The lowest BCUT2D eigenvalue weighted by Gasteiger charge is -2.18. The molecule has 0 saturated carbocycles. The number of carboxylic acids is 1. The van der Waals surface area contributed by atoms with Crippen LogP contribution in [0.15, 0.2) is 53.4 Å². The molecule has 164 valence electrons.